The Kier molecular flexibility index (Phi) is 5.72. The van der Waals surface area contributed by atoms with Crippen LogP contribution in [0, 0.1) is 0 Å². The third-order valence-electron chi connectivity index (χ3n) is 2.46. The van der Waals surface area contributed by atoms with Crippen molar-refractivity contribution in [2.45, 2.75) is 11.8 Å². The van der Waals surface area contributed by atoms with Crippen LogP contribution in [0.3, 0.4) is 0 Å². The lowest BCUT2D eigenvalue weighted by molar-refractivity contribution is -0.140. The predicted octanol–water partition coefficient (Wildman–Crippen LogP) is 1.43. The summed E-state index contributed by atoms with van der Waals surface area (Å²) in [7, 11) is -2.47. The minimum Gasteiger partial charge on any atom is -0.468 e. The molecule has 1 aromatic rings. The zero-order valence-corrected chi connectivity index (χ0v) is 11.8. The Balaban J connectivity index is 3.05. The Morgan fingerprint density at radius 3 is 2.47 bits per heavy atom. The average Bonchev–Trinajstić information content (AvgIpc) is 2.43. The molecule has 0 spiro atoms. The van der Waals surface area contributed by atoms with Crippen LogP contribution < -0.4 is 0 Å². The van der Waals surface area contributed by atoms with E-state index >= 15 is 0 Å². The summed E-state index contributed by atoms with van der Waals surface area (Å²) in [6, 6.07) is 8.00. The van der Waals surface area contributed by atoms with Gasteiger partial charge in [0.25, 0.3) is 0 Å². The van der Waals surface area contributed by atoms with Crippen LogP contribution in [0.4, 0.5) is 0 Å². The lowest BCUT2D eigenvalue weighted by Gasteiger charge is -2.19. The molecule has 0 saturated carbocycles. The maximum Gasteiger partial charge on any atom is 0.321 e. The van der Waals surface area contributed by atoms with Gasteiger partial charge in [0, 0.05) is 6.54 Å². The number of nitrogens with zero attached hydrogens (tertiary/aromatic N) is 1. The first-order valence-electron chi connectivity index (χ1n) is 5.75. The number of allylic oxidation sites excluding steroid dienone is 1. The maximum atomic E-state index is 12.4. The van der Waals surface area contributed by atoms with Crippen molar-refractivity contribution < 1.29 is 17.9 Å². The smallest absolute Gasteiger partial charge is 0.321 e. The van der Waals surface area contributed by atoms with Crippen LogP contribution >= 0.6 is 0 Å². The molecule has 0 radical (unpaired) electrons. The number of esters is 1. The van der Waals surface area contributed by atoms with Gasteiger partial charge in [-0.1, -0.05) is 30.4 Å². The molecule has 0 aliphatic carbocycles. The molecular formula is C13H17NO4S. The van der Waals surface area contributed by atoms with Gasteiger partial charge in [0.15, 0.2) is 0 Å². The number of ether oxygens (including phenoxy) is 1. The third kappa shape index (κ3) is 4.18. The number of hydrogen-bond acceptors (Lipinski definition) is 4. The lowest BCUT2D eigenvalue weighted by atomic mass is 10.4. The number of methoxy groups -OCH3 is 1. The summed E-state index contributed by atoms with van der Waals surface area (Å²) >= 11 is 0. The zero-order chi connectivity index (χ0) is 14.3. The average molecular weight is 283 g/mol. The van der Waals surface area contributed by atoms with Crippen molar-refractivity contribution in [2.75, 3.05) is 20.2 Å². The lowest BCUT2D eigenvalue weighted by Crippen LogP contribution is -2.36. The van der Waals surface area contributed by atoms with E-state index in [9.17, 15) is 13.2 Å². The van der Waals surface area contributed by atoms with Crippen LogP contribution in [-0.4, -0.2) is 38.9 Å². The summed E-state index contributed by atoms with van der Waals surface area (Å²) in [6.07, 6.45) is 3.40. The molecule has 0 bridgehead atoms. The second-order valence-electron chi connectivity index (χ2n) is 3.76. The first kappa shape index (κ1) is 15.4. The SMILES string of the molecule is C/C=C/CN(CC(=O)OC)S(=O)(=O)c1ccccc1. The predicted molar refractivity (Wildman–Crippen MR) is 72.0 cm³/mol. The highest BCUT2D eigenvalue weighted by molar-refractivity contribution is 7.89. The van der Waals surface area contributed by atoms with E-state index in [1.807, 2.05) is 0 Å². The van der Waals surface area contributed by atoms with Crippen LogP contribution in [-0.2, 0) is 19.6 Å². The number of hydrogen-bond donors (Lipinski definition) is 0. The van der Waals surface area contributed by atoms with E-state index in [1.54, 1.807) is 37.3 Å². The molecule has 19 heavy (non-hydrogen) atoms. The highest BCUT2D eigenvalue weighted by atomic mass is 32.2. The number of carbonyl (C=O) groups is 1. The normalized spacial score (nSPS) is 11.9. The monoisotopic (exact) mass is 283 g/mol. The van der Waals surface area contributed by atoms with E-state index in [-0.39, 0.29) is 18.0 Å². The van der Waals surface area contributed by atoms with Gasteiger partial charge in [-0.25, -0.2) is 8.42 Å². The fraction of sp³-hybridized carbons (Fsp3) is 0.308. The van der Waals surface area contributed by atoms with Gasteiger partial charge in [0.05, 0.1) is 12.0 Å². The fourth-order valence-electron chi connectivity index (χ4n) is 1.42. The van der Waals surface area contributed by atoms with Crippen LogP contribution in [0.15, 0.2) is 47.4 Å². The van der Waals surface area contributed by atoms with Crippen molar-refractivity contribution in [3.63, 3.8) is 0 Å². The summed E-state index contributed by atoms with van der Waals surface area (Å²) in [5, 5.41) is 0. The number of rotatable bonds is 6. The highest BCUT2D eigenvalue weighted by Gasteiger charge is 2.25. The largest absolute Gasteiger partial charge is 0.468 e. The van der Waals surface area contributed by atoms with Crippen molar-refractivity contribution in [1.29, 1.82) is 0 Å². The quantitative estimate of drug-likeness (QED) is 0.585. The number of benzene rings is 1. The molecule has 1 aromatic carbocycles. The Hall–Kier alpha value is -1.66. The molecule has 0 saturated heterocycles. The van der Waals surface area contributed by atoms with Crippen LogP contribution in [0.5, 0.6) is 0 Å². The van der Waals surface area contributed by atoms with E-state index in [0.29, 0.717) is 0 Å². The van der Waals surface area contributed by atoms with E-state index in [0.717, 1.165) is 4.31 Å². The third-order valence-corrected chi connectivity index (χ3v) is 4.28. The van der Waals surface area contributed by atoms with Gasteiger partial charge in [0.2, 0.25) is 10.0 Å². The summed E-state index contributed by atoms with van der Waals surface area (Å²) in [6.45, 7) is 1.60. The van der Waals surface area contributed by atoms with Crippen molar-refractivity contribution in [3.8, 4) is 0 Å². The van der Waals surface area contributed by atoms with Crippen molar-refractivity contribution in [2.24, 2.45) is 0 Å². The number of carbonyl (C=O) groups excluding carboxylic acids is 1. The summed E-state index contributed by atoms with van der Waals surface area (Å²) in [4.78, 5) is 11.5. The minimum atomic E-state index is -3.70. The first-order valence-corrected chi connectivity index (χ1v) is 7.19. The molecule has 0 aromatic heterocycles. The molecule has 6 heteroatoms. The van der Waals surface area contributed by atoms with Crippen molar-refractivity contribution in [3.05, 3.63) is 42.5 Å². The zero-order valence-electron chi connectivity index (χ0n) is 10.9. The van der Waals surface area contributed by atoms with Gasteiger partial charge in [-0.15, -0.1) is 0 Å². The molecule has 0 unspecified atom stereocenters. The van der Waals surface area contributed by atoms with Gasteiger partial charge in [-0.2, -0.15) is 4.31 Å². The molecule has 1 rings (SSSR count). The first-order chi connectivity index (χ1) is 9.02. The van der Waals surface area contributed by atoms with Crippen LogP contribution in [0.25, 0.3) is 0 Å². The summed E-state index contributed by atoms with van der Waals surface area (Å²) < 4.78 is 30.3. The summed E-state index contributed by atoms with van der Waals surface area (Å²) in [5.41, 5.74) is 0. The van der Waals surface area contributed by atoms with Gasteiger partial charge < -0.3 is 4.74 Å². The van der Waals surface area contributed by atoms with Crippen molar-refractivity contribution >= 4 is 16.0 Å². The summed E-state index contributed by atoms with van der Waals surface area (Å²) in [5.74, 6) is -0.594. The van der Waals surface area contributed by atoms with E-state index in [4.69, 9.17) is 0 Å². The Bertz CT molecular complexity index is 537. The standard InChI is InChI=1S/C13H17NO4S/c1-3-4-10-14(11-13(15)18-2)19(16,17)12-8-6-5-7-9-12/h3-9H,10-11H2,1-2H3/b4-3+. The number of sulfonamides is 1. The highest BCUT2D eigenvalue weighted by Crippen LogP contribution is 2.15. The Morgan fingerprint density at radius 2 is 1.95 bits per heavy atom. The molecule has 0 amide bonds. The molecular weight excluding hydrogens is 266 g/mol. The molecule has 0 aliphatic rings. The maximum absolute atomic E-state index is 12.4. The molecule has 0 atom stereocenters. The topological polar surface area (TPSA) is 63.7 Å². The van der Waals surface area contributed by atoms with Gasteiger partial charge in [-0.05, 0) is 19.1 Å². The molecule has 0 heterocycles. The molecule has 0 N–H and O–H groups in total. The molecule has 0 fully saturated rings. The van der Waals surface area contributed by atoms with Crippen LogP contribution in [0.2, 0.25) is 0 Å². The molecule has 0 aliphatic heterocycles. The molecule has 5 nitrogen and oxygen atoms in total. The Labute approximate surface area is 113 Å². The van der Waals surface area contributed by atoms with Gasteiger partial charge >= 0.3 is 5.97 Å². The second-order valence-corrected chi connectivity index (χ2v) is 5.69. The second kappa shape index (κ2) is 7.06. The Morgan fingerprint density at radius 1 is 1.32 bits per heavy atom. The van der Waals surface area contributed by atoms with Gasteiger partial charge in [0.1, 0.15) is 6.54 Å². The van der Waals surface area contributed by atoms with Crippen molar-refractivity contribution in [1.82, 2.24) is 4.31 Å². The minimum absolute atomic E-state index is 0.128. The molecule has 104 valence electrons. The van der Waals surface area contributed by atoms with E-state index in [2.05, 4.69) is 4.74 Å². The van der Waals surface area contributed by atoms with Gasteiger partial charge in [-0.3, -0.25) is 4.79 Å². The van der Waals surface area contributed by atoms with E-state index in [1.165, 1.54) is 19.2 Å². The van der Waals surface area contributed by atoms with E-state index < -0.39 is 16.0 Å². The van der Waals surface area contributed by atoms with Crippen LogP contribution in [0.1, 0.15) is 6.92 Å². The fourth-order valence-corrected chi connectivity index (χ4v) is 2.78.